The number of terminal acetylenes is 1. The van der Waals surface area contributed by atoms with Crippen molar-refractivity contribution in [3.05, 3.63) is 94.7 Å². The van der Waals surface area contributed by atoms with Gasteiger partial charge in [-0.1, -0.05) is 48.4 Å². The van der Waals surface area contributed by atoms with E-state index in [4.69, 9.17) is 23.3 Å². The van der Waals surface area contributed by atoms with Crippen molar-refractivity contribution in [1.82, 2.24) is 14.8 Å². The van der Waals surface area contributed by atoms with Gasteiger partial charge in [-0.05, 0) is 61.2 Å². The molecule has 3 aliphatic rings. The fraction of sp³-hybridized carbons (Fsp3) is 0.297. The summed E-state index contributed by atoms with van der Waals surface area (Å²) >= 11 is 0. The van der Waals surface area contributed by atoms with Crippen LogP contribution >= 0.6 is 0 Å². The molecule has 0 bridgehead atoms. The molecule has 2 amide bonds. The van der Waals surface area contributed by atoms with Gasteiger partial charge in [-0.15, -0.1) is 6.42 Å². The zero-order chi connectivity index (χ0) is 33.8. The predicted octanol–water partition coefficient (Wildman–Crippen LogP) is 3.17. The Morgan fingerprint density at radius 3 is 2.48 bits per heavy atom. The van der Waals surface area contributed by atoms with Crippen molar-refractivity contribution in [3.8, 4) is 12.3 Å². The van der Waals surface area contributed by atoms with Crippen LogP contribution < -0.4 is 16.4 Å². The minimum absolute atomic E-state index is 0.00802. The van der Waals surface area contributed by atoms with Gasteiger partial charge in [0.15, 0.2) is 0 Å². The molecule has 48 heavy (non-hydrogen) atoms. The van der Waals surface area contributed by atoms with Crippen molar-refractivity contribution in [2.75, 3.05) is 56.9 Å². The van der Waals surface area contributed by atoms with Crippen LogP contribution in [0.1, 0.15) is 47.2 Å². The van der Waals surface area contributed by atoms with Crippen LogP contribution in [-0.2, 0) is 9.59 Å². The molecule has 6 rings (SSSR count). The number of aromatic nitrogens is 1. The minimum atomic E-state index is -0.555. The number of carbonyl (C=O) groups is 2. The number of likely N-dealkylation sites (tertiary alicyclic amines) is 1. The van der Waals surface area contributed by atoms with Crippen molar-refractivity contribution in [3.63, 3.8) is 0 Å². The maximum Gasteiger partial charge on any atom is 0.237 e. The molecule has 0 radical (unpaired) electrons. The molecule has 2 saturated heterocycles. The number of carbonyl (C=O) groups excluding carboxylic acids is 2. The number of anilines is 2. The number of benzene rings is 2. The lowest BCUT2D eigenvalue weighted by Crippen LogP contribution is -2.43. The summed E-state index contributed by atoms with van der Waals surface area (Å²) in [5.41, 5.74) is 17.0. The predicted molar refractivity (Wildman–Crippen MR) is 190 cm³/mol. The molecule has 0 aliphatic carbocycles. The standard InChI is InChI=1S/C37H39N9O2/c1-3-25-4-6-28(7-5-25)33(39)34-30(38)12-13-31(43-34)46-21-17-37(36(46)48)16-20-44(23-37)22-32(47)45-18-14-27(15-19-45)26-8-10-29(11-9-26)35(40)42-24-41-2/h1,4-14,24,39H,15-23,38H2,2H3,(H2,40,41,42)/t37-/m0/s1. The Kier molecular flexibility index (Phi) is 9.19. The molecule has 1 aromatic heterocycles. The molecule has 244 valence electrons. The first kappa shape index (κ1) is 32.3. The van der Waals surface area contributed by atoms with E-state index < -0.39 is 5.41 Å². The Hall–Kier alpha value is -5.60. The number of hydrogen-bond acceptors (Lipinski definition) is 7. The first-order valence-electron chi connectivity index (χ1n) is 16.0. The second kappa shape index (κ2) is 13.6. The highest BCUT2D eigenvalue weighted by atomic mass is 16.2. The van der Waals surface area contributed by atoms with E-state index in [0.29, 0.717) is 74.2 Å². The van der Waals surface area contributed by atoms with E-state index in [2.05, 4.69) is 31.9 Å². The van der Waals surface area contributed by atoms with Crippen molar-refractivity contribution >= 4 is 46.8 Å². The second-order valence-electron chi connectivity index (χ2n) is 12.4. The van der Waals surface area contributed by atoms with Crippen LogP contribution in [0.25, 0.3) is 5.57 Å². The summed E-state index contributed by atoms with van der Waals surface area (Å²) in [5.74, 6) is 3.54. The number of amidine groups is 1. The van der Waals surface area contributed by atoms with E-state index in [1.807, 2.05) is 29.2 Å². The van der Waals surface area contributed by atoms with Crippen LogP contribution in [0, 0.1) is 23.2 Å². The highest BCUT2D eigenvalue weighted by Crippen LogP contribution is 2.42. The van der Waals surface area contributed by atoms with E-state index in [1.54, 1.807) is 48.3 Å². The van der Waals surface area contributed by atoms with E-state index in [9.17, 15) is 9.59 Å². The van der Waals surface area contributed by atoms with Crippen LogP contribution in [0.2, 0.25) is 0 Å². The lowest BCUT2D eigenvalue weighted by atomic mass is 9.85. The topological polar surface area (TPSA) is 157 Å². The number of nitrogens with one attached hydrogen (secondary N) is 1. The molecule has 0 unspecified atom stereocenters. The number of nitrogens with zero attached hydrogens (tertiary/aromatic N) is 6. The first-order chi connectivity index (χ1) is 23.2. The third-order valence-electron chi connectivity index (χ3n) is 9.50. The summed E-state index contributed by atoms with van der Waals surface area (Å²) < 4.78 is 0. The van der Waals surface area contributed by atoms with Gasteiger partial charge in [0.05, 0.1) is 23.4 Å². The third kappa shape index (κ3) is 6.48. The van der Waals surface area contributed by atoms with Gasteiger partial charge in [-0.2, -0.15) is 0 Å². The summed E-state index contributed by atoms with van der Waals surface area (Å²) in [6.45, 7) is 3.21. The van der Waals surface area contributed by atoms with Crippen LogP contribution in [-0.4, -0.2) is 90.8 Å². The zero-order valence-corrected chi connectivity index (χ0v) is 27.0. The molecule has 1 atom stereocenters. The molecule has 2 aromatic carbocycles. The second-order valence-corrected chi connectivity index (χ2v) is 12.4. The van der Waals surface area contributed by atoms with Crippen LogP contribution in [0.5, 0.6) is 0 Å². The Morgan fingerprint density at radius 1 is 1.06 bits per heavy atom. The maximum atomic E-state index is 13.9. The summed E-state index contributed by atoms with van der Waals surface area (Å²) in [6, 6.07) is 18.5. The molecule has 5 N–H and O–H groups in total. The fourth-order valence-corrected chi connectivity index (χ4v) is 6.69. The number of aliphatic imine (C=N–C) groups is 2. The minimum Gasteiger partial charge on any atom is -0.397 e. The SMILES string of the molecule is C#Cc1ccc(C(=N)c2nc(N3CC[C@]4(CCN(CC(=O)N5CC=C(c6ccc(C(N)=NC=NC)cc6)CC5)C4)C3=O)ccc2N)cc1. The summed E-state index contributed by atoms with van der Waals surface area (Å²) in [4.78, 5) is 45.5. The molecular formula is C37H39N9O2. The average molecular weight is 642 g/mol. The van der Waals surface area contributed by atoms with Crippen molar-refractivity contribution in [2.24, 2.45) is 21.1 Å². The number of hydrogen-bond donors (Lipinski definition) is 3. The number of amides is 2. The third-order valence-corrected chi connectivity index (χ3v) is 9.50. The van der Waals surface area contributed by atoms with Gasteiger partial charge in [0.25, 0.3) is 0 Å². The molecular weight excluding hydrogens is 602 g/mol. The molecule has 11 heteroatoms. The van der Waals surface area contributed by atoms with Crippen LogP contribution in [0.3, 0.4) is 0 Å². The van der Waals surface area contributed by atoms with Gasteiger partial charge >= 0.3 is 0 Å². The molecule has 1 spiro atoms. The molecule has 2 fully saturated rings. The normalized spacial score (nSPS) is 20.0. The number of nitrogens with two attached hydrogens (primary N) is 2. The largest absolute Gasteiger partial charge is 0.397 e. The van der Waals surface area contributed by atoms with Crippen LogP contribution in [0.15, 0.2) is 76.7 Å². The molecule has 3 aromatic rings. The van der Waals surface area contributed by atoms with E-state index in [1.165, 1.54) is 11.9 Å². The Balaban J connectivity index is 1.05. The first-order valence-corrected chi connectivity index (χ1v) is 16.0. The molecule has 4 heterocycles. The highest BCUT2D eigenvalue weighted by molar-refractivity contribution is 6.13. The van der Waals surface area contributed by atoms with E-state index in [-0.39, 0.29) is 24.1 Å². The lowest BCUT2D eigenvalue weighted by Gasteiger charge is -2.29. The summed E-state index contributed by atoms with van der Waals surface area (Å²) in [6.07, 6.45) is 11.1. The Morgan fingerprint density at radius 2 is 1.79 bits per heavy atom. The smallest absolute Gasteiger partial charge is 0.237 e. The monoisotopic (exact) mass is 641 g/mol. The van der Waals surface area contributed by atoms with Gasteiger partial charge < -0.3 is 16.4 Å². The number of rotatable bonds is 8. The van der Waals surface area contributed by atoms with Gasteiger partial charge in [-0.3, -0.25) is 29.8 Å². The van der Waals surface area contributed by atoms with E-state index in [0.717, 1.165) is 23.1 Å². The summed E-state index contributed by atoms with van der Waals surface area (Å²) in [5, 5.41) is 8.73. The Labute approximate surface area is 280 Å². The number of nitrogen functional groups attached to an aromatic ring is 1. The van der Waals surface area contributed by atoms with Crippen molar-refractivity contribution in [1.29, 1.82) is 5.41 Å². The molecule has 11 nitrogen and oxygen atoms in total. The van der Waals surface area contributed by atoms with Gasteiger partial charge in [0, 0.05) is 49.9 Å². The lowest BCUT2D eigenvalue weighted by molar-refractivity contribution is -0.132. The Bertz CT molecular complexity index is 1870. The fourth-order valence-electron chi connectivity index (χ4n) is 6.69. The van der Waals surface area contributed by atoms with Gasteiger partial charge in [-0.25, -0.2) is 9.98 Å². The summed E-state index contributed by atoms with van der Waals surface area (Å²) in [7, 11) is 1.64. The van der Waals surface area contributed by atoms with Gasteiger partial charge in [0.2, 0.25) is 11.8 Å². The van der Waals surface area contributed by atoms with Gasteiger partial charge in [0.1, 0.15) is 23.7 Å². The zero-order valence-electron chi connectivity index (χ0n) is 27.0. The maximum absolute atomic E-state index is 13.9. The average Bonchev–Trinajstić information content (AvgIpc) is 3.68. The quantitative estimate of drug-likeness (QED) is 0.195. The highest BCUT2D eigenvalue weighted by Gasteiger charge is 2.51. The van der Waals surface area contributed by atoms with Crippen molar-refractivity contribution in [2.45, 2.75) is 19.3 Å². The number of pyridine rings is 1. The molecule has 3 aliphatic heterocycles. The molecule has 0 saturated carbocycles. The van der Waals surface area contributed by atoms with E-state index >= 15 is 0 Å². The van der Waals surface area contributed by atoms with Crippen LogP contribution in [0.4, 0.5) is 11.5 Å². The van der Waals surface area contributed by atoms with Crippen molar-refractivity contribution < 1.29 is 9.59 Å².